The van der Waals surface area contributed by atoms with E-state index in [1.165, 1.54) is 7.11 Å². The third-order valence-corrected chi connectivity index (χ3v) is 6.14. The van der Waals surface area contributed by atoms with E-state index in [1.807, 2.05) is 24.3 Å². The number of benzene rings is 2. The van der Waals surface area contributed by atoms with E-state index in [0.29, 0.717) is 28.6 Å². The number of hydrogen-bond acceptors (Lipinski definition) is 6. The molecule has 0 saturated carbocycles. The lowest BCUT2D eigenvalue weighted by Gasteiger charge is -2.29. The largest absolute Gasteiger partial charge is 0.495 e. The number of ether oxygens (including phenoxy) is 2. The predicted molar refractivity (Wildman–Crippen MR) is 128 cm³/mol. The van der Waals surface area contributed by atoms with Crippen LogP contribution in [0.2, 0.25) is 5.02 Å². The number of para-hydroxylation sites is 1. The first-order valence-electron chi connectivity index (χ1n) is 10.9. The van der Waals surface area contributed by atoms with E-state index in [4.69, 9.17) is 26.1 Å². The molecule has 7 nitrogen and oxygen atoms in total. The van der Waals surface area contributed by atoms with Gasteiger partial charge in [-0.15, -0.1) is 0 Å². The molecule has 0 radical (unpaired) electrons. The van der Waals surface area contributed by atoms with E-state index >= 15 is 0 Å². The quantitative estimate of drug-likeness (QED) is 0.539. The Labute approximate surface area is 197 Å². The number of carbonyl (C=O) groups excluding carboxylic acids is 2. The van der Waals surface area contributed by atoms with E-state index in [2.05, 4.69) is 17.1 Å². The van der Waals surface area contributed by atoms with Gasteiger partial charge in [0.25, 0.3) is 5.91 Å². The van der Waals surface area contributed by atoms with Crippen LogP contribution in [0.3, 0.4) is 0 Å². The molecule has 172 valence electrons. The zero-order chi connectivity index (χ0) is 23.5. The van der Waals surface area contributed by atoms with E-state index in [-0.39, 0.29) is 0 Å². The highest BCUT2D eigenvalue weighted by Gasteiger charge is 2.28. The van der Waals surface area contributed by atoms with Crippen molar-refractivity contribution in [3.05, 3.63) is 64.3 Å². The molecule has 0 spiro atoms. The van der Waals surface area contributed by atoms with Gasteiger partial charge >= 0.3 is 5.97 Å². The molecule has 8 heteroatoms. The van der Waals surface area contributed by atoms with Crippen LogP contribution in [0.15, 0.2) is 42.5 Å². The van der Waals surface area contributed by atoms with Crippen LogP contribution >= 0.6 is 11.6 Å². The standard InChI is InChI=1S/C25H26ClN3O4/c1-4-29-12-11-21-18(14-29)23(17-7-5-6-8-20(17)28-21)25(31)33-15(2)24(30)27-16-9-10-22(32-3)19(26)13-16/h5-10,13,15H,4,11-12,14H2,1-3H3,(H,27,30). The minimum absolute atomic E-state index is 0.371. The first kappa shape index (κ1) is 23.0. The molecule has 1 amide bonds. The van der Waals surface area contributed by atoms with Crippen molar-refractivity contribution < 1.29 is 19.1 Å². The van der Waals surface area contributed by atoms with Crippen LogP contribution in [0.25, 0.3) is 10.9 Å². The number of hydrogen-bond donors (Lipinski definition) is 1. The summed E-state index contributed by atoms with van der Waals surface area (Å²) in [7, 11) is 1.52. The number of rotatable bonds is 6. The Morgan fingerprint density at radius 3 is 2.76 bits per heavy atom. The van der Waals surface area contributed by atoms with E-state index < -0.39 is 18.0 Å². The topological polar surface area (TPSA) is 80.8 Å². The van der Waals surface area contributed by atoms with Gasteiger partial charge in [-0.2, -0.15) is 0 Å². The van der Waals surface area contributed by atoms with Crippen LogP contribution in [0, 0.1) is 0 Å². The van der Waals surface area contributed by atoms with E-state index in [1.54, 1.807) is 25.1 Å². The first-order chi connectivity index (χ1) is 15.9. The molecule has 33 heavy (non-hydrogen) atoms. The average Bonchev–Trinajstić information content (AvgIpc) is 2.82. The third-order valence-electron chi connectivity index (χ3n) is 5.85. The lowest BCUT2D eigenvalue weighted by atomic mass is 9.95. The molecule has 1 aliphatic heterocycles. The molecular formula is C25H26ClN3O4. The summed E-state index contributed by atoms with van der Waals surface area (Å²) in [6.07, 6.45) is -0.241. The predicted octanol–water partition coefficient (Wildman–Crippen LogP) is 4.46. The van der Waals surface area contributed by atoms with Crippen LogP contribution in [0.4, 0.5) is 5.69 Å². The summed E-state index contributed by atoms with van der Waals surface area (Å²) in [5, 5.41) is 3.83. The molecule has 0 saturated heterocycles. The summed E-state index contributed by atoms with van der Waals surface area (Å²) in [4.78, 5) is 33.1. The molecule has 3 aromatic rings. The third kappa shape index (κ3) is 4.79. The number of esters is 1. The van der Waals surface area contributed by atoms with Gasteiger partial charge in [-0.1, -0.05) is 36.7 Å². The lowest BCUT2D eigenvalue weighted by Crippen LogP contribution is -2.34. The van der Waals surface area contributed by atoms with Gasteiger partial charge in [-0.25, -0.2) is 4.79 Å². The summed E-state index contributed by atoms with van der Waals surface area (Å²) >= 11 is 6.13. The van der Waals surface area contributed by atoms with E-state index in [0.717, 1.165) is 41.7 Å². The monoisotopic (exact) mass is 467 g/mol. The highest BCUT2D eigenvalue weighted by atomic mass is 35.5. The number of aromatic nitrogens is 1. The number of anilines is 1. The highest BCUT2D eigenvalue weighted by molar-refractivity contribution is 6.32. The van der Waals surface area contributed by atoms with Crippen molar-refractivity contribution in [2.24, 2.45) is 0 Å². The molecule has 1 aliphatic rings. The first-order valence-corrected chi connectivity index (χ1v) is 11.3. The lowest BCUT2D eigenvalue weighted by molar-refractivity contribution is -0.123. The SMILES string of the molecule is CCN1CCc2nc3ccccc3c(C(=O)OC(C)C(=O)Nc3ccc(OC)c(Cl)c3)c2C1. The second kappa shape index (κ2) is 9.77. The van der Waals surface area contributed by atoms with Crippen molar-refractivity contribution in [3.63, 3.8) is 0 Å². The maximum Gasteiger partial charge on any atom is 0.339 e. The van der Waals surface area contributed by atoms with Gasteiger partial charge in [0.05, 0.1) is 23.2 Å². The van der Waals surface area contributed by atoms with Crippen molar-refractivity contribution in [1.29, 1.82) is 0 Å². The zero-order valence-electron chi connectivity index (χ0n) is 18.9. The Morgan fingerprint density at radius 2 is 2.03 bits per heavy atom. The number of amides is 1. The van der Waals surface area contributed by atoms with Gasteiger partial charge in [0.2, 0.25) is 0 Å². The number of nitrogens with one attached hydrogen (secondary N) is 1. The Hall–Kier alpha value is -3.16. The van der Waals surface area contributed by atoms with Crippen molar-refractivity contribution >= 4 is 40.1 Å². The van der Waals surface area contributed by atoms with E-state index in [9.17, 15) is 9.59 Å². The molecular weight excluding hydrogens is 442 g/mol. The molecule has 2 aromatic carbocycles. The summed E-state index contributed by atoms with van der Waals surface area (Å²) in [6.45, 7) is 6.04. The second-order valence-corrected chi connectivity index (χ2v) is 8.34. The molecule has 0 fully saturated rings. The van der Waals surface area contributed by atoms with Crippen LogP contribution < -0.4 is 10.1 Å². The van der Waals surface area contributed by atoms with Gasteiger partial charge in [0.1, 0.15) is 5.75 Å². The number of halogens is 1. The summed E-state index contributed by atoms with van der Waals surface area (Å²) < 4.78 is 10.8. The summed E-state index contributed by atoms with van der Waals surface area (Å²) in [5.74, 6) is -0.477. The minimum atomic E-state index is -1.01. The van der Waals surface area contributed by atoms with Gasteiger partial charge in [0.15, 0.2) is 6.10 Å². The molecule has 2 heterocycles. The maximum absolute atomic E-state index is 13.3. The fraction of sp³-hybridized carbons (Fsp3) is 0.320. The summed E-state index contributed by atoms with van der Waals surface area (Å²) in [5.41, 5.74) is 3.51. The van der Waals surface area contributed by atoms with Crippen molar-refractivity contribution in [3.8, 4) is 5.75 Å². The average molecular weight is 468 g/mol. The number of fused-ring (bicyclic) bond motifs is 2. The Bertz CT molecular complexity index is 1210. The van der Waals surface area contributed by atoms with Gasteiger partial charge < -0.3 is 14.8 Å². The normalized spacial score (nSPS) is 14.4. The number of pyridine rings is 1. The number of likely N-dealkylation sites (N-methyl/N-ethyl adjacent to an activating group) is 1. The summed E-state index contributed by atoms with van der Waals surface area (Å²) in [6, 6.07) is 12.4. The number of carbonyl (C=O) groups is 2. The number of methoxy groups -OCH3 is 1. The van der Waals surface area contributed by atoms with Gasteiger partial charge in [-0.3, -0.25) is 14.7 Å². The molecule has 4 rings (SSSR count). The zero-order valence-corrected chi connectivity index (χ0v) is 19.6. The molecule has 0 aliphatic carbocycles. The molecule has 1 unspecified atom stereocenters. The number of nitrogens with zero attached hydrogens (tertiary/aromatic N) is 2. The van der Waals surface area contributed by atoms with Crippen molar-refractivity contribution in [1.82, 2.24) is 9.88 Å². The maximum atomic E-state index is 13.3. The smallest absolute Gasteiger partial charge is 0.339 e. The Balaban J connectivity index is 1.58. The van der Waals surface area contributed by atoms with Crippen molar-refractivity contribution in [2.45, 2.75) is 32.9 Å². The fourth-order valence-corrected chi connectivity index (χ4v) is 4.27. The Morgan fingerprint density at radius 1 is 1.24 bits per heavy atom. The van der Waals surface area contributed by atoms with Crippen LogP contribution in [0.5, 0.6) is 5.75 Å². The van der Waals surface area contributed by atoms with Gasteiger partial charge in [0, 0.05) is 41.8 Å². The van der Waals surface area contributed by atoms with Gasteiger partial charge in [-0.05, 0) is 37.7 Å². The molecule has 1 N–H and O–H groups in total. The molecule has 0 bridgehead atoms. The van der Waals surface area contributed by atoms with Crippen LogP contribution in [-0.2, 0) is 22.5 Å². The Kier molecular flexibility index (Phi) is 6.81. The second-order valence-electron chi connectivity index (χ2n) is 7.93. The van der Waals surface area contributed by atoms with Crippen LogP contribution in [0.1, 0.15) is 35.5 Å². The van der Waals surface area contributed by atoms with Crippen molar-refractivity contribution in [2.75, 3.05) is 25.5 Å². The minimum Gasteiger partial charge on any atom is -0.495 e. The molecule has 1 atom stereocenters. The molecule has 1 aromatic heterocycles. The van der Waals surface area contributed by atoms with Crippen LogP contribution in [-0.4, -0.2) is 48.1 Å². The highest BCUT2D eigenvalue weighted by Crippen LogP contribution is 2.30. The fourth-order valence-electron chi connectivity index (χ4n) is 4.01.